The molecule has 196 valence electrons. The van der Waals surface area contributed by atoms with E-state index in [-0.39, 0.29) is 28.9 Å². The van der Waals surface area contributed by atoms with E-state index in [1.807, 2.05) is 7.05 Å². The first-order chi connectivity index (χ1) is 18.4. The zero-order valence-corrected chi connectivity index (χ0v) is 20.3. The monoisotopic (exact) mass is 524 g/mol. The van der Waals surface area contributed by atoms with Crippen LogP contribution in [-0.2, 0) is 0 Å². The lowest BCUT2D eigenvalue weighted by Crippen LogP contribution is -2.15. The number of ether oxygens (including phenoxy) is 3. The van der Waals surface area contributed by atoms with E-state index in [9.17, 15) is 18.0 Å². The fourth-order valence-corrected chi connectivity index (χ4v) is 3.64. The van der Waals surface area contributed by atoms with E-state index in [1.54, 1.807) is 18.2 Å². The minimum Gasteiger partial charge on any atom is -0.492 e. The van der Waals surface area contributed by atoms with Crippen LogP contribution in [0, 0.1) is 17.6 Å². The summed E-state index contributed by atoms with van der Waals surface area (Å²) in [5, 5.41) is 5.90. The van der Waals surface area contributed by atoms with E-state index >= 15 is 0 Å². The van der Waals surface area contributed by atoms with Gasteiger partial charge in [0.25, 0.3) is 5.91 Å². The molecule has 0 unspecified atom stereocenters. The number of aromatic nitrogens is 2. The third-order valence-corrected chi connectivity index (χ3v) is 5.66. The lowest BCUT2D eigenvalue weighted by molar-refractivity contribution is 0.102. The highest BCUT2D eigenvalue weighted by Crippen LogP contribution is 2.35. The molecule has 4 aromatic rings. The summed E-state index contributed by atoms with van der Waals surface area (Å²) in [6.45, 7) is 1.13. The standard InChI is InChI=1S/C27H23F3N4O4/c1-31-8-9-36-17-4-5-18-22(12-17)32-7-6-23(18)38-26-20(28)10-15(11-21(26)29)34-27(35)19-14-33-25(30)13-24(19)37-16-2-3-16/h4-7,10-14,16,31H,2-3,8-9H2,1H3,(H,34,35). The summed E-state index contributed by atoms with van der Waals surface area (Å²) in [7, 11) is 1.82. The molecule has 8 nitrogen and oxygen atoms in total. The molecular weight excluding hydrogens is 501 g/mol. The highest BCUT2D eigenvalue weighted by atomic mass is 19.1. The van der Waals surface area contributed by atoms with Crippen molar-refractivity contribution >= 4 is 22.5 Å². The third kappa shape index (κ3) is 5.78. The molecule has 1 aliphatic carbocycles. The number of nitrogens with zero attached hydrogens (tertiary/aromatic N) is 2. The van der Waals surface area contributed by atoms with E-state index in [4.69, 9.17) is 14.2 Å². The molecule has 1 saturated carbocycles. The number of carbonyl (C=O) groups is 1. The first kappa shape index (κ1) is 25.3. The van der Waals surface area contributed by atoms with E-state index in [0.717, 1.165) is 37.2 Å². The van der Waals surface area contributed by atoms with Crippen molar-refractivity contribution in [3.63, 3.8) is 0 Å². The Morgan fingerprint density at radius 3 is 2.55 bits per heavy atom. The van der Waals surface area contributed by atoms with Crippen molar-refractivity contribution in [2.75, 3.05) is 25.5 Å². The summed E-state index contributed by atoms with van der Waals surface area (Å²) in [4.78, 5) is 20.5. The fourth-order valence-electron chi connectivity index (χ4n) is 3.64. The van der Waals surface area contributed by atoms with Gasteiger partial charge >= 0.3 is 0 Å². The molecular formula is C27H23F3N4O4. The zero-order valence-electron chi connectivity index (χ0n) is 20.3. The normalized spacial score (nSPS) is 12.8. The van der Waals surface area contributed by atoms with Gasteiger partial charge in [-0.1, -0.05) is 0 Å². The van der Waals surface area contributed by atoms with E-state index in [2.05, 4.69) is 20.6 Å². The number of likely N-dealkylation sites (N-methyl/N-ethyl adjacent to an activating group) is 1. The predicted molar refractivity (Wildman–Crippen MR) is 133 cm³/mol. The van der Waals surface area contributed by atoms with E-state index in [0.29, 0.717) is 29.8 Å². The molecule has 2 heterocycles. The molecule has 38 heavy (non-hydrogen) atoms. The maximum Gasteiger partial charge on any atom is 0.261 e. The van der Waals surface area contributed by atoms with Gasteiger partial charge in [-0.25, -0.2) is 13.8 Å². The van der Waals surface area contributed by atoms with Gasteiger partial charge in [-0.3, -0.25) is 9.78 Å². The number of nitrogens with one attached hydrogen (secondary N) is 2. The molecule has 0 saturated heterocycles. The number of hydrogen-bond acceptors (Lipinski definition) is 7. The molecule has 0 radical (unpaired) electrons. The molecule has 0 spiro atoms. The Labute approximate surface area is 215 Å². The van der Waals surface area contributed by atoms with Crippen LogP contribution in [0.2, 0.25) is 0 Å². The minimum absolute atomic E-state index is 0.0125. The lowest BCUT2D eigenvalue weighted by Gasteiger charge is -2.14. The molecule has 1 fully saturated rings. The second-order valence-electron chi connectivity index (χ2n) is 8.59. The summed E-state index contributed by atoms with van der Waals surface area (Å²) in [5.74, 6) is -3.49. The van der Waals surface area contributed by atoms with Gasteiger partial charge in [-0.05, 0) is 38.1 Å². The fraction of sp³-hybridized carbons (Fsp3) is 0.222. The molecule has 2 N–H and O–H groups in total. The number of pyridine rings is 2. The van der Waals surface area contributed by atoms with Gasteiger partial charge in [0.15, 0.2) is 17.4 Å². The zero-order chi connectivity index (χ0) is 26.6. The quantitative estimate of drug-likeness (QED) is 0.217. The van der Waals surface area contributed by atoms with Crippen LogP contribution in [0.25, 0.3) is 10.9 Å². The van der Waals surface area contributed by atoms with Crippen LogP contribution in [0.5, 0.6) is 23.0 Å². The van der Waals surface area contributed by atoms with Crippen LogP contribution >= 0.6 is 0 Å². The minimum atomic E-state index is -1.04. The number of benzene rings is 2. The van der Waals surface area contributed by atoms with Gasteiger partial charge in [-0.15, -0.1) is 0 Å². The molecule has 0 atom stereocenters. The van der Waals surface area contributed by atoms with Gasteiger partial charge in [-0.2, -0.15) is 4.39 Å². The summed E-state index contributed by atoms with van der Waals surface area (Å²) >= 11 is 0. The smallest absolute Gasteiger partial charge is 0.261 e. The van der Waals surface area contributed by atoms with Crippen LogP contribution in [0.15, 0.2) is 54.9 Å². The number of fused-ring (bicyclic) bond motifs is 1. The number of carbonyl (C=O) groups excluding carboxylic acids is 1. The van der Waals surface area contributed by atoms with Gasteiger partial charge < -0.3 is 24.8 Å². The van der Waals surface area contributed by atoms with Crippen LogP contribution < -0.4 is 24.8 Å². The Balaban J connectivity index is 1.35. The van der Waals surface area contributed by atoms with Gasteiger partial charge in [0.05, 0.1) is 11.6 Å². The SMILES string of the molecule is CNCCOc1ccc2c(Oc3c(F)cc(NC(=O)c4cnc(F)cc4OC4CC4)cc3F)ccnc2c1. The molecule has 0 bridgehead atoms. The van der Waals surface area contributed by atoms with E-state index < -0.39 is 29.2 Å². The Hall–Kier alpha value is -4.38. The van der Waals surface area contributed by atoms with Crippen LogP contribution in [0.1, 0.15) is 23.2 Å². The number of hydrogen-bond donors (Lipinski definition) is 2. The van der Waals surface area contributed by atoms with Crippen LogP contribution in [-0.4, -0.2) is 42.2 Å². The summed E-state index contributed by atoms with van der Waals surface area (Å²) in [6.07, 6.45) is 3.95. The van der Waals surface area contributed by atoms with Gasteiger partial charge in [0, 0.05) is 54.3 Å². The second-order valence-corrected chi connectivity index (χ2v) is 8.59. The van der Waals surface area contributed by atoms with Crippen molar-refractivity contribution in [2.45, 2.75) is 18.9 Å². The second kappa shape index (κ2) is 10.9. The van der Waals surface area contributed by atoms with Crippen molar-refractivity contribution in [3.05, 3.63) is 78.0 Å². The molecule has 11 heteroatoms. The number of anilines is 1. The Kier molecular flexibility index (Phi) is 7.27. The van der Waals surface area contributed by atoms with Gasteiger partial charge in [0.2, 0.25) is 5.95 Å². The van der Waals surface area contributed by atoms with Crippen molar-refractivity contribution in [1.29, 1.82) is 0 Å². The maximum absolute atomic E-state index is 15.0. The van der Waals surface area contributed by atoms with Crippen molar-refractivity contribution in [2.24, 2.45) is 0 Å². The summed E-state index contributed by atoms with van der Waals surface area (Å²) < 4.78 is 60.3. The predicted octanol–water partition coefficient (Wildman–Crippen LogP) is 5.23. The molecule has 1 amide bonds. The number of halogens is 3. The molecule has 0 aliphatic heterocycles. The highest BCUT2D eigenvalue weighted by molar-refractivity contribution is 6.06. The number of rotatable bonds is 10. The van der Waals surface area contributed by atoms with E-state index in [1.165, 1.54) is 12.3 Å². The highest BCUT2D eigenvalue weighted by Gasteiger charge is 2.27. The lowest BCUT2D eigenvalue weighted by atomic mass is 10.2. The molecule has 2 aromatic heterocycles. The third-order valence-electron chi connectivity index (χ3n) is 5.66. The average Bonchev–Trinajstić information content (AvgIpc) is 3.70. The van der Waals surface area contributed by atoms with Crippen molar-refractivity contribution in [1.82, 2.24) is 15.3 Å². The molecule has 1 aliphatic rings. The summed E-state index contributed by atoms with van der Waals surface area (Å²) in [6, 6.07) is 9.44. The number of amides is 1. The first-order valence-corrected chi connectivity index (χ1v) is 11.9. The van der Waals surface area contributed by atoms with Crippen molar-refractivity contribution in [3.8, 4) is 23.0 Å². The molecule has 5 rings (SSSR count). The van der Waals surface area contributed by atoms with Gasteiger partial charge in [0.1, 0.15) is 29.4 Å². The van der Waals surface area contributed by atoms with Crippen molar-refractivity contribution < 1.29 is 32.2 Å². The topological polar surface area (TPSA) is 94.6 Å². The maximum atomic E-state index is 15.0. The average molecular weight is 524 g/mol. The first-order valence-electron chi connectivity index (χ1n) is 11.9. The Morgan fingerprint density at radius 2 is 1.82 bits per heavy atom. The largest absolute Gasteiger partial charge is 0.492 e. The Morgan fingerprint density at radius 1 is 1.03 bits per heavy atom. The van der Waals surface area contributed by atoms with Crippen LogP contribution in [0.3, 0.4) is 0 Å². The van der Waals surface area contributed by atoms with Crippen LogP contribution in [0.4, 0.5) is 18.9 Å². The Bertz CT molecular complexity index is 1470. The molecule has 2 aromatic carbocycles. The summed E-state index contributed by atoms with van der Waals surface area (Å²) in [5.41, 5.74) is 0.297.